The molecule has 1 N–H and O–H groups in total. The fraction of sp³-hybridized carbons (Fsp3) is 0.500. The third kappa shape index (κ3) is 4.75. The maximum atomic E-state index is 11.3. The highest BCUT2D eigenvalue weighted by Crippen LogP contribution is 2.23. The molecule has 19 heavy (non-hydrogen) atoms. The zero-order chi connectivity index (χ0) is 13.5. The third-order valence-electron chi connectivity index (χ3n) is 2.96. The van der Waals surface area contributed by atoms with Crippen LogP contribution in [0.25, 0.3) is 0 Å². The molecule has 0 radical (unpaired) electrons. The number of esters is 1. The molecule has 104 valence electrons. The monoisotopic (exact) mass is 297 g/mol. The number of hydrogen-bond acceptors (Lipinski definition) is 5. The fourth-order valence-corrected chi connectivity index (χ4v) is 4.55. The van der Waals surface area contributed by atoms with E-state index in [-0.39, 0.29) is 5.97 Å². The van der Waals surface area contributed by atoms with Crippen molar-refractivity contribution in [3.63, 3.8) is 0 Å². The predicted molar refractivity (Wildman–Crippen MR) is 83.1 cm³/mol. The Morgan fingerprint density at radius 3 is 2.79 bits per heavy atom. The van der Waals surface area contributed by atoms with Gasteiger partial charge in [-0.1, -0.05) is 12.1 Å². The number of ether oxygens (including phenoxy) is 1. The van der Waals surface area contributed by atoms with Crippen molar-refractivity contribution in [2.75, 3.05) is 30.9 Å². The molecule has 0 amide bonds. The van der Waals surface area contributed by atoms with E-state index in [9.17, 15) is 4.79 Å². The lowest BCUT2D eigenvalue weighted by molar-refractivity contribution is 0.0600. The Morgan fingerprint density at radius 1 is 1.37 bits per heavy atom. The minimum absolute atomic E-state index is 0.282. The third-order valence-corrected chi connectivity index (χ3v) is 5.81. The summed E-state index contributed by atoms with van der Waals surface area (Å²) in [6.45, 7) is 1.90. The van der Waals surface area contributed by atoms with Gasteiger partial charge in [-0.25, -0.2) is 4.79 Å². The van der Waals surface area contributed by atoms with Crippen molar-refractivity contribution in [1.29, 1.82) is 0 Å². The van der Waals surface area contributed by atoms with Gasteiger partial charge in [0.15, 0.2) is 0 Å². The van der Waals surface area contributed by atoms with Crippen LogP contribution in [0.3, 0.4) is 0 Å². The van der Waals surface area contributed by atoms with Crippen molar-refractivity contribution < 1.29 is 9.53 Å². The largest absolute Gasteiger partial charge is 0.465 e. The molecular formula is C14H19NO2S2. The van der Waals surface area contributed by atoms with Gasteiger partial charge >= 0.3 is 5.97 Å². The Hall–Kier alpha value is -0.650. The average molecular weight is 297 g/mol. The minimum atomic E-state index is -0.282. The molecule has 0 aromatic heterocycles. The lowest BCUT2D eigenvalue weighted by atomic mass is 10.1. The lowest BCUT2D eigenvalue weighted by Crippen LogP contribution is -2.28. The van der Waals surface area contributed by atoms with Crippen LogP contribution in [-0.4, -0.2) is 42.1 Å². The summed E-state index contributed by atoms with van der Waals surface area (Å²) in [5.74, 6) is 3.52. The Labute approximate surface area is 122 Å². The van der Waals surface area contributed by atoms with E-state index < -0.39 is 0 Å². The highest BCUT2D eigenvalue weighted by Gasteiger charge is 2.13. The van der Waals surface area contributed by atoms with Crippen molar-refractivity contribution in [1.82, 2.24) is 5.32 Å². The van der Waals surface area contributed by atoms with Gasteiger partial charge in [0, 0.05) is 35.6 Å². The summed E-state index contributed by atoms with van der Waals surface area (Å²) in [4.78, 5) is 11.3. The predicted octanol–water partition coefficient (Wildman–Crippen LogP) is 2.41. The first-order valence-corrected chi connectivity index (χ1v) is 8.57. The van der Waals surface area contributed by atoms with E-state index in [1.54, 1.807) is 0 Å². The number of nitrogens with one attached hydrogen (secondary N) is 1. The summed E-state index contributed by atoms with van der Waals surface area (Å²) < 4.78 is 4.68. The number of thioether (sulfide) groups is 2. The van der Waals surface area contributed by atoms with Gasteiger partial charge in [0.25, 0.3) is 0 Å². The molecule has 1 aliphatic heterocycles. The molecule has 1 unspecified atom stereocenters. The van der Waals surface area contributed by atoms with Crippen LogP contribution in [0.15, 0.2) is 24.3 Å². The Bertz CT molecular complexity index is 402. The van der Waals surface area contributed by atoms with Crippen LogP contribution in [0.2, 0.25) is 0 Å². The molecule has 1 heterocycles. The Balaban J connectivity index is 1.75. The van der Waals surface area contributed by atoms with Gasteiger partial charge in [-0.05, 0) is 17.7 Å². The van der Waals surface area contributed by atoms with Crippen LogP contribution in [0.5, 0.6) is 0 Å². The maximum absolute atomic E-state index is 11.3. The van der Waals surface area contributed by atoms with Crippen molar-refractivity contribution >= 4 is 29.5 Å². The lowest BCUT2D eigenvalue weighted by Gasteiger charge is -2.21. The normalized spacial score (nSPS) is 19.1. The molecule has 1 aromatic rings. The molecule has 0 bridgehead atoms. The highest BCUT2D eigenvalue weighted by atomic mass is 32.2. The molecular weight excluding hydrogens is 278 g/mol. The summed E-state index contributed by atoms with van der Waals surface area (Å²) in [5.41, 5.74) is 1.80. The van der Waals surface area contributed by atoms with Gasteiger partial charge in [-0.15, -0.1) is 0 Å². The molecule has 1 saturated heterocycles. The van der Waals surface area contributed by atoms with Crippen molar-refractivity contribution in [2.45, 2.75) is 11.8 Å². The first-order valence-electron chi connectivity index (χ1n) is 6.37. The van der Waals surface area contributed by atoms with E-state index in [0.717, 1.165) is 18.3 Å². The van der Waals surface area contributed by atoms with E-state index in [1.807, 2.05) is 36.0 Å². The molecule has 0 saturated carbocycles. The molecule has 1 aliphatic rings. The molecule has 1 fully saturated rings. The van der Waals surface area contributed by atoms with Gasteiger partial charge in [0.05, 0.1) is 12.7 Å². The summed E-state index contributed by atoms with van der Waals surface area (Å²) in [5, 5.41) is 4.21. The smallest absolute Gasteiger partial charge is 0.337 e. The molecule has 1 atom stereocenters. The SMILES string of the molecule is COC(=O)c1ccc(CNCC2CSCCS2)cc1. The average Bonchev–Trinajstić information content (AvgIpc) is 2.48. The second kappa shape index (κ2) is 7.82. The number of hydrogen-bond donors (Lipinski definition) is 1. The van der Waals surface area contributed by atoms with Crippen molar-refractivity contribution in [3.05, 3.63) is 35.4 Å². The van der Waals surface area contributed by atoms with Gasteiger partial charge in [0.2, 0.25) is 0 Å². The number of carbonyl (C=O) groups is 1. The Kier molecular flexibility index (Phi) is 6.07. The molecule has 0 spiro atoms. The molecule has 5 heteroatoms. The van der Waals surface area contributed by atoms with Crippen LogP contribution >= 0.6 is 23.5 Å². The van der Waals surface area contributed by atoms with Gasteiger partial charge in [-0.3, -0.25) is 0 Å². The maximum Gasteiger partial charge on any atom is 0.337 e. The van der Waals surface area contributed by atoms with Crippen LogP contribution in [0, 0.1) is 0 Å². The summed E-state index contributed by atoms with van der Waals surface area (Å²) in [6.07, 6.45) is 0. The van der Waals surface area contributed by atoms with Gasteiger partial charge in [-0.2, -0.15) is 23.5 Å². The van der Waals surface area contributed by atoms with E-state index >= 15 is 0 Å². The molecule has 2 rings (SSSR count). The summed E-state index contributed by atoms with van der Waals surface area (Å²) in [6, 6.07) is 7.58. The topological polar surface area (TPSA) is 38.3 Å². The fourth-order valence-electron chi connectivity index (χ4n) is 1.91. The Morgan fingerprint density at radius 2 is 2.16 bits per heavy atom. The standard InChI is InChI=1S/C14H19NO2S2/c1-17-14(16)12-4-2-11(3-5-12)8-15-9-13-10-18-6-7-19-13/h2-5,13,15H,6-10H2,1H3. The van der Waals surface area contributed by atoms with E-state index in [2.05, 4.69) is 21.8 Å². The van der Waals surface area contributed by atoms with Crippen molar-refractivity contribution in [3.8, 4) is 0 Å². The van der Waals surface area contributed by atoms with E-state index in [0.29, 0.717) is 5.56 Å². The number of methoxy groups -OCH3 is 1. The molecule has 3 nitrogen and oxygen atoms in total. The number of benzene rings is 1. The summed E-state index contributed by atoms with van der Waals surface area (Å²) in [7, 11) is 1.40. The zero-order valence-corrected chi connectivity index (χ0v) is 12.7. The second-order valence-corrected chi connectivity index (χ2v) is 6.95. The minimum Gasteiger partial charge on any atom is -0.465 e. The summed E-state index contributed by atoms with van der Waals surface area (Å²) >= 11 is 4.11. The molecule has 0 aliphatic carbocycles. The first kappa shape index (κ1) is 14.8. The quantitative estimate of drug-likeness (QED) is 0.845. The number of carbonyl (C=O) groups excluding carboxylic acids is 1. The highest BCUT2D eigenvalue weighted by molar-refractivity contribution is 8.06. The van der Waals surface area contributed by atoms with Gasteiger partial charge in [0.1, 0.15) is 0 Å². The van der Waals surface area contributed by atoms with E-state index in [4.69, 9.17) is 0 Å². The zero-order valence-electron chi connectivity index (χ0n) is 11.1. The van der Waals surface area contributed by atoms with E-state index in [1.165, 1.54) is 29.9 Å². The van der Waals surface area contributed by atoms with Crippen LogP contribution in [0.1, 0.15) is 15.9 Å². The van der Waals surface area contributed by atoms with Crippen LogP contribution in [-0.2, 0) is 11.3 Å². The molecule has 1 aromatic carbocycles. The van der Waals surface area contributed by atoms with Crippen molar-refractivity contribution in [2.24, 2.45) is 0 Å². The second-order valence-electron chi connectivity index (χ2n) is 4.39. The first-order chi connectivity index (χ1) is 9.29. The van der Waals surface area contributed by atoms with Crippen LogP contribution < -0.4 is 5.32 Å². The van der Waals surface area contributed by atoms with Gasteiger partial charge < -0.3 is 10.1 Å². The van der Waals surface area contributed by atoms with Crippen LogP contribution in [0.4, 0.5) is 0 Å². The number of rotatable bonds is 5.